The topological polar surface area (TPSA) is 30.7 Å². The summed E-state index contributed by atoms with van der Waals surface area (Å²) in [4.78, 5) is 1.14. The molecule has 0 saturated carbocycles. The van der Waals surface area contributed by atoms with Crippen LogP contribution in [0, 0.1) is 6.92 Å². The van der Waals surface area contributed by atoms with E-state index in [2.05, 4.69) is 10.2 Å². The minimum absolute atomic E-state index is 0.129. The fourth-order valence-electron chi connectivity index (χ4n) is 1.57. The monoisotopic (exact) mass is 341 g/mol. The van der Waals surface area contributed by atoms with E-state index in [1.54, 1.807) is 6.92 Å². The van der Waals surface area contributed by atoms with Crippen molar-refractivity contribution in [1.82, 2.24) is 15.0 Å². The molecule has 0 amide bonds. The van der Waals surface area contributed by atoms with E-state index in [0.717, 1.165) is 16.9 Å². The second kappa shape index (κ2) is 5.46. The van der Waals surface area contributed by atoms with E-state index in [4.69, 9.17) is 23.2 Å². The van der Waals surface area contributed by atoms with E-state index in [1.807, 2.05) is 6.26 Å². The molecule has 3 nitrogen and oxygen atoms in total. The summed E-state index contributed by atoms with van der Waals surface area (Å²) in [5, 5.41) is 8.56. The zero-order valence-electron chi connectivity index (χ0n) is 10.3. The Morgan fingerprint density at radius 2 is 1.70 bits per heavy atom. The van der Waals surface area contributed by atoms with E-state index in [1.165, 1.54) is 11.8 Å². The maximum atomic E-state index is 12.6. The molecule has 0 bridgehead atoms. The molecule has 0 N–H and O–H groups in total. The van der Waals surface area contributed by atoms with Gasteiger partial charge in [-0.2, -0.15) is 18.3 Å². The molecule has 9 heteroatoms. The number of benzene rings is 1. The van der Waals surface area contributed by atoms with Crippen molar-refractivity contribution in [1.29, 1.82) is 0 Å². The second-order valence-corrected chi connectivity index (χ2v) is 5.48. The van der Waals surface area contributed by atoms with Crippen molar-refractivity contribution in [3.63, 3.8) is 0 Å². The molecule has 0 spiro atoms. The molecule has 0 fully saturated rings. The average Bonchev–Trinajstić information content (AvgIpc) is 2.68. The third kappa shape index (κ3) is 2.89. The molecule has 0 aliphatic rings. The Morgan fingerprint density at radius 1 is 1.15 bits per heavy atom. The van der Waals surface area contributed by atoms with Gasteiger partial charge in [0.1, 0.15) is 10.7 Å². The molecular formula is C11H8Cl2F3N3S. The Balaban J connectivity index is 2.58. The van der Waals surface area contributed by atoms with Crippen LogP contribution in [0.4, 0.5) is 13.2 Å². The van der Waals surface area contributed by atoms with E-state index >= 15 is 0 Å². The summed E-state index contributed by atoms with van der Waals surface area (Å²) >= 11 is 13.1. The minimum Gasteiger partial charge on any atom is -0.166 e. The van der Waals surface area contributed by atoms with Crippen molar-refractivity contribution >= 4 is 35.0 Å². The average molecular weight is 342 g/mol. The lowest BCUT2D eigenvalue weighted by Gasteiger charge is -2.11. The summed E-state index contributed by atoms with van der Waals surface area (Å²) in [6.45, 7) is 1.74. The zero-order chi connectivity index (χ0) is 15.1. The SMILES string of the molecule is CSc1nn(-c2c(Cl)cc(C(F)(F)F)cc2Cl)nc1C. The van der Waals surface area contributed by atoms with Crippen molar-refractivity contribution < 1.29 is 13.2 Å². The number of hydrogen-bond donors (Lipinski definition) is 0. The van der Waals surface area contributed by atoms with Gasteiger partial charge in [0.25, 0.3) is 0 Å². The van der Waals surface area contributed by atoms with Crippen LogP contribution >= 0.6 is 35.0 Å². The van der Waals surface area contributed by atoms with Crippen LogP contribution in [-0.2, 0) is 6.18 Å². The molecule has 0 aliphatic carbocycles. The highest BCUT2D eigenvalue weighted by atomic mass is 35.5. The molecule has 1 heterocycles. The molecular weight excluding hydrogens is 334 g/mol. The highest BCUT2D eigenvalue weighted by Crippen LogP contribution is 2.37. The standard InChI is InChI=1S/C11H8Cl2F3N3S/c1-5-10(20-2)18-19(17-5)9-7(12)3-6(4-8(9)13)11(14,15)16/h3-4H,1-2H3. The smallest absolute Gasteiger partial charge is 0.166 e. The third-order valence-corrected chi connectivity index (χ3v) is 3.82. The van der Waals surface area contributed by atoms with Gasteiger partial charge in [0, 0.05) is 0 Å². The van der Waals surface area contributed by atoms with Gasteiger partial charge < -0.3 is 0 Å². The Morgan fingerprint density at radius 3 is 2.10 bits per heavy atom. The van der Waals surface area contributed by atoms with E-state index < -0.39 is 11.7 Å². The van der Waals surface area contributed by atoms with Gasteiger partial charge in [0.05, 0.1) is 21.3 Å². The summed E-state index contributed by atoms with van der Waals surface area (Å²) in [5.41, 5.74) is -0.139. The highest BCUT2D eigenvalue weighted by molar-refractivity contribution is 7.98. The van der Waals surface area contributed by atoms with Crippen LogP contribution in [0.15, 0.2) is 17.2 Å². The molecule has 2 aromatic rings. The summed E-state index contributed by atoms with van der Waals surface area (Å²) in [5.74, 6) is 0. The van der Waals surface area contributed by atoms with Gasteiger partial charge in [0.2, 0.25) is 0 Å². The molecule has 2 rings (SSSR count). The van der Waals surface area contributed by atoms with Crippen LogP contribution in [0.3, 0.4) is 0 Å². The first kappa shape index (κ1) is 15.5. The maximum Gasteiger partial charge on any atom is 0.416 e. The van der Waals surface area contributed by atoms with Crippen LogP contribution < -0.4 is 0 Å². The lowest BCUT2D eigenvalue weighted by Crippen LogP contribution is -2.08. The number of rotatable bonds is 2. The van der Waals surface area contributed by atoms with Crippen molar-refractivity contribution in [2.45, 2.75) is 18.1 Å². The van der Waals surface area contributed by atoms with Gasteiger partial charge in [-0.25, -0.2) is 0 Å². The molecule has 0 radical (unpaired) electrons. The van der Waals surface area contributed by atoms with Crippen molar-refractivity contribution in [2.24, 2.45) is 0 Å². The largest absolute Gasteiger partial charge is 0.416 e. The van der Waals surface area contributed by atoms with Crippen LogP contribution in [0.25, 0.3) is 5.69 Å². The molecule has 0 aliphatic heterocycles. The minimum atomic E-state index is -4.51. The lowest BCUT2D eigenvalue weighted by molar-refractivity contribution is -0.137. The van der Waals surface area contributed by atoms with Crippen molar-refractivity contribution in [3.8, 4) is 5.69 Å². The van der Waals surface area contributed by atoms with Gasteiger partial charge in [0.15, 0.2) is 0 Å². The Labute approximate surface area is 127 Å². The van der Waals surface area contributed by atoms with E-state index in [0.29, 0.717) is 10.7 Å². The number of halogens is 5. The Kier molecular flexibility index (Phi) is 4.22. The fourth-order valence-corrected chi connectivity index (χ4v) is 2.71. The van der Waals surface area contributed by atoms with Gasteiger partial charge in [-0.05, 0) is 25.3 Å². The molecule has 0 unspecified atom stereocenters. The number of thioether (sulfide) groups is 1. The number of alkyl halides is 3. The summed E-state index contributed by atoms with van der Waals surface area (Å²) in [7, 11) is 0. The first-order chi connectivity index (χ1) is 9.24. The summed E-state index contributed by atoms with van der Waals surface area (Å²) < 4.78 is 37.9. The fraction of sp³-hybridized carbons (Fsp3) is 0.273. The highest BCUT2D eigenvalue weighted by Gasteiger charge is 2.32. The third-order valence-electron chi connectivity index (χ3n) is 2.48. The number of hydrogen-bond acceptors (Lipinski definition) is 3. The quantitative estimate of drug-likeness (QED) is 0.746. The van der Waals surface area contributed by atoms with Gasteiger partial charge in [-0.3, -0.25) is 0 Å². The predicted molar refractivity (Wildman–Crippen MR) is 72.9 cm³/mol. The molecule has 1 aromatic heterocycles. The molecule has 108 valence electrons. The normalized spacial score (nSPS) is 11.9. The van der Waals surface area contributed by atoms with Gasteiger partial charge in [-0.15, -0.1) is 21.7 Å². The molecule has 0 atom stereocenters. The Bertz CT molecular complexity index is 632. The maximum absolute atomic E-state index is 12.6. The summed E-state index contributed by atoms with van der Waals surface area (Å²) in [6, 6.07) is 1.61. The van der Waals surface area contributed by atoms with Gasteiger partial charge in [-0.1, -0.05) is 23.2 Å². The summed E-state index contributed by atoms with van der Waals surface area (Å²) in [6.07, 6.45) is -2.69. The molecule has 1 aromatic carbocycles. The van der Waals surface area contributed by atoms with Crippen LogP contribution in [0.2, 0.25) is 10.0 Å². The first-order valence-corrected chi connectivity index (χ1v) is 7.26. The van der Waals surface area contributed by atoms with Crippen molar-refractivity contribution in [2.75, 3.05) is 6.26 Å². The number of nitrogens with zero attached hydrogens (tertiary/aromatic N) is 3. The Hall–Kier alpha value is -0.920. The van der Waals surface area contributed by atoms with Gasteiger partial charge >= 0.3 is 6.18 Å². The predicted octanol–water partition coefficient (Wildman–Crippen LogP) is 4.62. The van der Waals surface area contributed by atoms with Crippen LogP contribution in [-0.4, -0.2) is 21.2 Å². The number of aryl methyl sites for hydroxylation is 1. The first-order valence-electron chi connectivity index (χ1n) is 5.28. The van der Waals surface area contributed by atoms with Crippen LogP contribution in [0.1, 0.15) is 11.3 Å². The zero-order valence-corrected chi connectivity index (χ0v) is 12.6. The molecule has 20 heavy (non-hydrogen) atoms. The van der Waals surface area contributed by atoms with Crippen molar-refractivity contribution in [3.05, 3.63) is 33.4 Å². The van der Waals surface area contributed by atoms with Crippen LogP contribution in [0.5, 0.6) is 0 Å². The molecule has 0 saturated heterocycles. The number of aromatic nitrogens is 3. The second-order valence-electron chi connectivity index (χ2n) is 3.87. The van der Waals surface area contributed by atoms with E-state index in [9.17, 15) is 13.2 Å². The van der Waals surface area contributed by atoms with E-state index in [-0.39, 0.29) is 15.7 Å². The lowest BCUT2D eigenvalue weighted by atomic mass is 10.2.